The molecule has 0 N–H and O–H groups in total. The minimum atomic E-state index is 0.0649. The van der Waals surface area contributed by atoms with Crippen molar-refractivity contribution in [2.45, 2.75) is 25.0 Å². The largest absolute Gasteiger partial charge is 0.385 e. The third-order valence-corrected chi connectivity index (χ3v) is 4.30. The molecule has 7 heteroatoms. The molecule has 0 radical (unpaired) electrons. The number of aryl methyl sites for hydroxylation is 1. The monoisotopic (exact) mass is 334 g/mol. The minimum absolute atomic E-state index is 0.0649. The van der Waals surface area contributed by atoms with E-state index in [-0.39, 0.29) is 5.91 Å². The van der Waals surface area contributed by atoms with Gasteiger partial charge in [-0.1, -0.05) is 30.0 Å². The molecule has 2 rings (SSSR count). The van der Waals surface area contributed by atoms with Crippen molar-refractivity contribution in [3.8, 4) is 0 Å². The average Bonchev–Trinajstić information content (AvgIpc) is 3.02. The summed E-state index contributed by atoms with van der Waals surface area (Å²) in [5.74, 6) is 0.404. The van der Waals surface area contributed by atoms with Crippen molar-refractivity contribution in [3.63, 3.8) is 0 Å². The number of thioether (sulfide) groups is 1. The Morgan fingerprint density at radius 3 is 2.83 bits per heavy atom. The van der Waals surface area contributed by atoms with Gasteiger partial charge in [-0.05, 0) is 25.5 Å². The van der Waals surface area contributed by atoms with E-state index in [1.807, 2.05) is 41.8 Å². The number of amides is 1. The second kappa shape index (κ2) is 9.32. The number of anilines is 1. The molecule has 124 valence electrons. The summed E-state index contributed by atoms with van der Waals surface area (Å²) in [7, 11) is 1.68. The molecule has 0 aliphatic rings. The predicted octanol–water partition coefficient (Wildman–Crippen LogP) is 2.46. The Morgan fingerprint density at radius 1 is 1.35 bits per heavy atom. The van der Waals surface area contributed by atoms with Crippen LogP contribution in [0.2, 0.25) is 0 Å². The van der Waals surface area contributed by atoms with Crippen LogP contribution < -0.4 is 4.90 Å². The Labute approximate surface area is 140 Å². The van der Waals surface area contributed by atoms with Gasteiger partial charge in [-0.2, -0.15) is 0 Å². The first kappa shape index (κ1) is 17.5. The summed E-state index contributed by atoms with van der Waals surface area (Å²) in [4.78, 5) is 14.2. The zero-order valence-electron chi connectivity index (χ0n) is 13.5. The lowest BCUT2D eigenvalue weighted by Gasteiger charge is -2.20. The van der Waals surface area contributed by atoms with E-state index in [1.54, 1.807) is 18.3 Å². The third kappa shape index (κ3) is 5.07. The van der Waals surface area contributed by atoms with E-state index in [0.717, 1.165) is 23.8 Å². The summed E-state index contributed by atoms with van der Waals surface area (Å²) >= 11 is 1.42. The standard InChI is InChI=1S/C16H22N4O2S/c1-3-20(14-8-5-4-6-9-14)15(21)12-23-16-18-17-13-19(16)10-7-11-22-2/h4-6,8-9,13H,3,7,10-12H2,1-2H3. The number of carbonyl (C=O) groups excluding carboxylic acids is 1. The van der Waals surface area contributed by atoms with Crippen LogP contribution in [0.3, 0.4) is 0 Å². The van der Waals surface area contributed by atoms with Gasteiger partial charge in [0, 0.05) is 32.5 Å². The van der Waals surface area contributed by atoms with E-state index >= 15 is 0 Å². The molecule has 23 heavy (non-hydrogen) atoms. The Morgan fingerprint density at radius 2 is 2.13 bits per heavy atom. The quantitative estimate of drug-likeness (QED) is 0.521. The molecule has 6 nitrogen and oxygen atoms in total. The van der Waals surface area contributed by atoms with Crippen molar-refractivity contribution in [1.82, 2.24) is 14.8 Å². The molecule has 1 amide bonds. The van der Waals surface area contributed by atoms with Crippen LogP contribution >= 0.6 is 11.8 Å². The molecule has 0 saturated heterocycles. The fourth-order valence-corrected chi connectivity index (χ4v) is 3.02. The first-order valence-electron chi connectivity index (χ1n) is 7.61. The van der Waals surface area contributed by atoms with Crippen LogP contribution in [0.15, 0.2) is 41.8 Å². The number of hydrogen-bond acceptors (Lipinski definition) is 5. The van der Waals surface area contributed by atoms with Crippen LogP contribution in [-0.4, -0.2) is 46.7 Å². The van der Waals surface area contributed by atoms with Gasteiger partial charge in [-0.3, -0.25) is 4.79 Å². The topological polar surface area (TPSA) is 60.2 Å². The van der Waals surface area contributed by atoms with Crippen LogP contribution in [0.1, 0.15) is 13.3 Å². The summed E-state index contributed by atoms with van der Waals surface area (Å²) in [6.07, 6.45) is 2.58. The number of benzene rings is 1. The van der Waals surface area contributed by atoms with Gasteiger partial charge in [0.2, 0.25) is 5.91 Å². The van der Waals surface area contributed by atoms with E-state index in [4.69, 9.17) is 4.74 Å². The number of nitrogens with zero attached hydrogens (tertiary/aromatic N) is 4. The van der Waals surface area contributed by atoms with Crippen molar-refractivity contribution >= 4 is 23.4 Å². The van der Waals surface area contributed by atoms with E-state index in [1.165, 1.54) is 11.8 Å². The molecule has 1 heterocycles. The average molecular weight is 334 g/mol. The number of aromatic nitrogens is 3. The smallest absolute Gasteiger partial charge is 0.237 e. The number of carbonyl (C=O) groups is 1. The molecule has 0 fully saturated rings. The SMILES string of the molecule is CCN(C(=O)CSc1nncn1CCCOC)c1ccccc1. The van der Waals surface area contributed by atoms with Crippen molar-refractivity contribution in [1.29, 1.82) is 0 Å². The van der Waals surface area contributed by atoms with Crippen molar-refractivity contribution in [2.24, 2.45) is 0 Å². The van der Waals surface area contributed by atoms with Crippen LogP contribution in [0, 0.1) is 0 Å². The van der Waals surface area contributed by atoms with E-state index in [9.17, 15) is 4.79 Å². The Balaban J connectivity index is 1.92. The van der Waals surface area contributed by atoms with Gasteiger partial charge < -0.3 is 14.2 Å². The van der Waals surface area contributed by atoms with E-state index in [0.29, 0.717) is 18.9 Å². The van der Waals surface area contributed by atoms with E-state index < -0.39 is 0 Å². The highest BCUT2D eigenvalue weighted by molar-refractivity contribution is 7.99. The van der Waals surface area contributed by atoms with Gasteiger partial charge in [0.15, 0.2) is 5.16 Å². The molecule has 0 bridgehead atoms. The van der Waals surface area contributed by atoms with Crippen LogP contribution in [-0.2, 0) is 16.1 Å². The molecular formula is C16H22N4O2S. The number of para-hydroxylation sites is 1. The summed E-state index contributed by atoms with van der Waals surface area (Å²) in [5, 5.41) is 8.78. The lowest BCUT2D eigenvalue weighted by molar-refractivity contribution is -0.116. The first-order valence-corrected chi connectivity index (χ1v) is 8.59. The zero-order chi connectivity index (χ0) is 16.5. The number of ether oxygens (including phenoxy) is 1. The van der Waals surface area contributed by atoms with Gasteiger partial charge in [0.05, 0.1) is 5.75 Å². The second-order valence-electron chi connectivity index (χ2n) is 4.92. The Bertz CT molecular complexity index is 603. The normalized spacial score (nSPS) is 10.7. The molecule has 0 aliphatic heterocycles. The molecular weight excluding hydrogens is 312 g/mol. The van der Waals surface area contributed by atoms with Gasteiger partial charge in [-0.15, -0.1) is 10.2 Å². The van der Waals surface area contributed by atoms with Crippen molar-refractivity contribution in [3.05, 3.63) is 36.7 Å². The maximum absolute atomic E-state index is 12.5. The molecule has 1 aromatic carbocycles. The van der Waals surface area contributed by atoms with Crippen molar-refractivity contribution in [2.75, 3.05) is 30.9 Å². The fraction of sp³-hybridized carbons (Fsp3) is 0.438. The lowest BCUT2D eigenvalue weighted by atomic mass is 10.3. The highest BCUT2D eigenvalue weighted by atomic mass is 32.2. The number of rotatable bonds is 9. The molecule has 0 aliphatic carbocycles. The Hall–Kier alpha value is -1.86. The molecule has 0 saturated carbocycles. The molecule has 0 unspecified atom stereocenters. The van der Waals surface area contributed by atoms with Crippen LogP contribution in [0.5, 0.6) is 0 Å². The highest BCUT2D eigenvalue weighted by Crippen LogP contribution is 2.19. The van der Waals surface area contributed by atoms with E-state index in [2.05, 4.69) is 10.2 Å². The number of hydrogen-bond donors (Lipinski definition) is 0. The maximum atomic E-state index is 12.5. The minimum Gasteiger partial charge on any atom is -0.385 e. The van der Waals surface area contributed by atoms with Gasteiger partial charge in [-0.25, -0.2) is 0 Å². The predicted molar refractivity (Wildman–Crippen MR) is 91.7 cm³/mol. The third-order valence-electron chi connectivity index (χ3n) is 3.34. The van der Waals surface area contributed by atoms with Gasteiger partial charge in [0.25, 0.3) is 0 Å². The fourth-order valence-electron chi connectivity index (χ4n) is 2.20. The zero-order valence-corrected chi connectivity index (χ0v) is 14.3. The maximum Gasteiger partial charge on any atom is 0.237 e. The lowest BCUT2D eigenvalue weighted by Crippen LogP contribution is -2.32. The van der Waals surface area contributed by atoms with Gasteiger partial charge >= 0.3 is 0 Å². The molecule has 2 aromatic rings. The summed E-state index contributed by atoms with van der Waals surface area (Å²) in [6.45, 7) is 4.10. The van der Waals surface area contributed by atoms with Gasteiger partial charge in [0.1, 0.15) is 6.33 Å². The van der Waals surface area contributed by atoms with Crippen molar-refractivity contribution < 1.29 is 9.53 Å². The summed E-state index contributed by atoms with van der Waals surface area (Å²) < 4.78 is 7.01. The Kier molecular flexibility index (Phi) is 7.09. The molecule has 1 aromatic heterocycles. The summed E-state index contributed by atoms with van der Waals surface area (Å²) in [6, 6.07) is 9.70. The number of methoxy groups -OCH3 is 1. The molecule has 0 spiro atoms. The highest BCUT2D eigenvalue weighted by Gasteiger charge is 2.15. The molecule has 0 atom stereocenters. The summed E-state index contributed by atoms with van der Waals surface area (Å²) in [5.41, 5.74) is 0.919. The second-order valence-corrected chi connectivity index (χ2v) is 5.86. The first-order chi connectivity index (χ1) is 11.3. The van der Waals surface area contributed by atoms with Crippen LogP contribution in [0.4, 0.5) is 5.69 Å². The van der Waals surface area contributed by atoms with Crippen LogP contribution in [0.25, 0.3) is 0 Å².